The van der Waals surface area contributed by atoms with Gasteiger partial charge in [0, 0.05) is 24.3 Å². The molecule has 3 aromatic rings. The molecule has 2 saturated carbocycles. The van der Waals surface area contributed by atoms with Crippen LogP contribution in [0, 0.1) is 17.6 Å². The minimum Gasteiger partial charge on any atom is -0.394 e. The monoisotopic (exact) mass is 574 g/mol. The molecule has 2 aromatic heterocycles. The fourth-order valence-electron chi connectivity index (χ4n) is 5.55. The van der Waals surface area contributed by atoms with E-state index in [0.717, 1.165) is 30.2 Å². The number of hydrogen-bond acceptors (Lipinski definition) is 10. The Morgan fingerprint density at radius 1 is 1.20 bits per heavy atom. The summed E-state index contributed by atoms with van der Waals surface area (Å²) in [5, 5.41) is 18.8. The van der Waals surface area contributed by atoms with Gasteiger partial charge in [0.15, 0.2) is 39.6 Å². The molecular formula is C27H32F2N6O4S. The summed E-state index contributed by atoms with van der Waals surface area (Å²) in [5.41, 5.74) is 1.77. The van der Waals surface area contributed by atoms with Crippen molar-refractivity contribution < 1.29 is 28.1 Å². The average molecular weight is 575 g/mol. The zero-order valence-electron chi connectivity index (χ0n) is 22.5. The Labute approximate surface area is 234 Å². The number of rotatable bonds is 10. The van der Waals surface area contributed by atoms with Gasteiger partial charge in [-0.3, -0.25) is 0 Å². The van der Waals surface area contributed by atoms with Gasteiger partial charge in [0.05, 0.1) is 25.4 Å². The highest BCUT2D eigenvalue weighted by molar-refractivity contribution is 7.99. The van der Waals surface area contributed by atoms with Crippen molar-refractivity contribution in [1.82, 2.24) is 25.0 Å². The molecule has 6 atom stereocenters. The minimum atomic E-state index is -0.851. The van der Waals surface area contributed by atoms with E-state index >= 15 is 0 Å². The molecule has 214 valence electrons. The second kappa shape index (κ2) is 11.0. The Kier molecular flexibility index (Phi) is 7.59. The van der Waals surface area contributed by atoms with Crippen molar-refractivity contribution >= 4 is 35.0 Å². The van der Waals surface area contributed by atoms with Crippen LogP contribution in [0.25, 0.3) is 11.2 Å². The highest BCUT2D eigenvalue weighted by Gasteiger charge is 2.56. The number of halogens is 2. The van der Waals surface area contributed by atoms with Crippen molar-refractivity contribution in [2.75, 3.05) is 19.0 Å². The van der Waals surface area contributed by atoms with E-state index in [4.69, 9.17) is 19.2 Å². The number of aliphatic imine (C=N–C) groups is 1. The number of hydrogen-bond donors (Lipinski definition) is 1. The lowest BCUT2D eigenvalue weighted by atomic mass is 10.1. The van der Waals surface area contributed by atoms with E-state index in [1.165, 1.54) is 17.8 Å². The number of fused-ring (bicyclic) bond motifs is 2. The van der Waals surface area contributed by atoms with Crippen LogP contribution in [0.5, 0.6) is 0 Å². The molecule has 6 rings (SSSR count). The first-order valence-corrected chi connectivity index (χ1v) is 14.6. The maximum Gasteiger partial charge on any atom is 0.191 e. The van der Waals surface area contributed by atoms with Gasteiger partial charge in [-0.1, -0.05) is 30.0 Å². The van der Waals surface area contributed by atoms with Gasteiger partial charge in [0.2, 0.25) is 0 Å². The summed E-state index contributed by atoms with van der Waals surface area (Å²) in [5.74, 6) is -1.06. The molecule has 0 radical (unpaired) electrons. The van der Waals surface area contributed by atoms with Crippen LogP contribution in [0.3, 0.4) is 0 Å². The topological polar surface area (TPSA) is 117 Å². The van der Waals surface area contributed by atoms with Gasteiger partial charge in [-0.25, -0.2) is 28.4 Å². The van der Waals surface area contributed by atoms with Gasteiger partial charge in [-0.15, -0.1) is 5.10 Å². The summed E-state index contributed by atoms with van der Waals surface area (Å²) in [6.07, 6.45) is 3.18. The van der Waals surface area contributed by atoms with Crippen LogP contribution in [0.4, 0.5) is 14.6 Å². The van der Waals surface area contributed by atoms with Crippen LogP contribution < -0.4 is 0 Å². The molecule has 13 heteroatoms. The number of benzene rings is 1. The van der Waals surface area contributed by atoms with Gasteiger partial charge in [0.1, 0.15) is 12.2 Å². The second-order valence-corrected chi connectivity index (χ2v) is 11.9. The summed E-state index contributed by atoms with van der Waals surface area (Å²) in [4.78, 5) is 14.2. The maximum absolute atomic E-state index is 13.7. The van der Waals surface area contributed by atoms with E-state index in [-0.39, 0.29) is 49.4 Å². The predicted molar refractivity (Wildman–Crippen MR) is 144 cm³/mol. The highest BCUT2D eigenvalue weighted by atomic mass is 32.2. The van der Waals surface area contributed by atoms with E-state index in [9.17, 15) is 13.9 Å². The van der Waals surface area contributed by atoms with Gasteiger partial charge < -0.3 is 19.3 Å². The first-order valence-electron chi connectivity index (χ1n) is 13.6. The van der Waals surface area contributed by atoms with Crippen LogP contribution in [0.2, 0.25) is 0 Å². The summed E-state index contributed by atoms with van der Waals surface area (Å²) < 4.78 is 47.2. The average Bonchev–Trinajstić information content (AvgIpc) is 3.31. The molecule has 3 fully saturated rings. The zero-order valence-corrected chi connectivity index (χ0v) is 23.4. The summed E-state index contributed by atoms with van der Waals surface area (Å²) in [6.45, 7) is 5.94. The fourth-order valence-corrected chi connectivity index (χ4v) is 6.24. The number of thioether (sulfide) groups is 1. The third-order valence-electron chi connectivity index (χ3n) is 7.44. The van der Waals surface area contributed by atoms with Crippen molar-refractivity contribution in [3.05, 3.63) is 35.4 Å². The van der Waals surface area contributed by atoms with Crippen LogP contribution in [0.15, 0.2) is 28.3 Å². The quantitative estimate of drug-likeness (QED) is 0.214. The van der Waals surface area contributed by atoms with Gasteiger partial charge in [-0.05, 0) is 50.3 Å². The molecule has 1 unspecified atom stereocenters. The number of aliphatic hydroxyl groups excluding tert-OH is 1. The standard InChI is InChI=1S/C27H32F2N6O4S/c1-4-9-40-26-31-24(30-13-15-10-16(15)14-5-6-17(28)18(29)11-14)21-25(32-26)35(34-33-21)19-12-20(37-8-7-36)23-22(19)38-27(2,3)39-23/h5-6,11,13,15-16,19-20,22-23,36H,4,7-10,12H2,1-3H3/t15-,16?,19-,20-,22-,23+/m0/s1. The van der Waals surface area contributed by atoms with Crippen molar-refractivity contribution in [3.63, 3.8) is 0 Å². The van der Waals surface area contributed by atoms with E-state index < -0.39 is 17.4 Å². The van der Waals surface area contributed by atoms with Gasteiger partial charge in [-0.2, -0.15) is 0 Å². The molecule has 1 aromatic carbocycles. The lowest BCUT2D eigenvalue weighted by Crippen LogP contribution is -2.31. The predicted octanol–water partition coefficient (Wildman–Crippen LogP) is 4.35. The van der Waals surface area contributed by atoms with Crippen LogP contribution in [0.1, 0.15) is 57.6 Å². The van der Waals surface area contributed by atoms with Crippen LogP contribution >= 0.6 is 11.8 Å². The molecule has 1 aliphatic heterocycles. The normalized spacial score (nSPS) is 29.1. The summed E-state index contributed by atoms with van der Waals surface area (Å²) >= 11 is 1.53. The molecule has 2 aliphatic carbocycles. The first kappa shape index (κ1) is 27.6. The number of aromatic nitrogens is 5. The van der Waals surface area contributed by atoms with E-state index in [0.29, 0.717) is 28.6 Å². The Morgan fingerprint density at radius 3 is 2.80 bits per heavy atom. The van der Waals surface area contributed by atoms with Crippen LogP contribution in [-0.2, 0) is 14.2 Å². The third-order valence-corrected chi connectivity index (χ3v) is 8.49. The molecule has 10 nitrogen and oxygen atoms in total. The van der Waals surface area contributed by atoms with Crippen molar-refractivity contribution in [3.8, 4) is 0 Å². The molecule has 1 N–H and O–H groups in total. The maximum atomic E-state index is 13.7. The summed E-state index contributed by atoms with van der Waals surface area (Å²) in [7, 11) is 0. The van der Waals surface area contributed by atoms with Gasteiger partial charge in [0.25, 0.3) is 0 Å². The molecule has 40 heavy (non-hydrogen) atoms. The van der Waals surface area contributed by atoms with Crippen molar-refractivity contribution in [1.29, 1.82) is 0 Å². The second-order valence-electron chi connectivity index (χ2n) is 10.8. The fraction of sp³-hybridized carbons (Fsp3) is 0.593. The Hall–Kier alpha value is -2.58. The third kappa shape index (κ3) is 5.37. The molecule has 1 saturated heterocycles. The minimum absolute atomic E-state index is 0.0787. The van der Waals surface area contributed by atoms with E-state index in [1.807, 2.05) is 20.1 Å². The molecule has 0 amide bonds. The molecule has 3 aliphatic rings. The summed E-state index contributed by atoms with van der Waals surface area (Å²) in [6, 6.07) is 3.78. The number of ether oxygens (including phenoxy) is 3. The van der Waals surface area contributed by atoms with Crippen LogP contribution in [-0.4, -0.2) is 79.3 Å². The lowest BCUT2D eigenvalue weighted by molar-refractivity contribution is -0.171. The first-order chi connectivity index (χ1) is 19.3. The van der Waals surface area contributed by atoms with E-state index in [2.05, 4.69) is 27.2 Å². The molecule has 0 bridgehead atoms. The Bertz CT molecular complexity index is 1420. The SMILES string of the molecule is CCCSc1nc(N=C[C@@H]2CC2c2ccc(F)c(F)c2)c2nnn([C@H]3C[C@H](OCCO)[C@H]4OC(C)(C)O[C@H]43)c2n1. The molecular weight excluding hydrogens is 542 g/mol. The van der Waals surface area contributed by atoms with Gasteiger partial charge >= 0.3 is 0 Å². The Balaban J connectivity index is 1.30. The van der Waals surface area contributed by atoms with E-state index in [1.54, 1.807) is 10.7 Å². The number of aliphatic hydroxyl groups is 1. The molecule has 3 heterocycles. The zero-order chi connectivity index (χ0) is 28.0. The number of nitrogens with zero attached hydrogens (tertiary/aromatic N) is 6. The Morgan fingerprint density at radius 2 is 2.02 bits per heavy atom. The van der Waals surface area contributed by atoms with Crippen molar-refractivity contribution in [2.24, 2.45) is 10.9 Å². The highest BCUT2D eigenvalue weighted by Crippen LogP contribution is 2.47. The molecule has 0 spiro atoms. The lowest BCUT2D eigenvalue weighted by Gasteiger charge is -2.23. The largest absolute Gasteiger partial charge is 0.394 e. The smallest absolute Gasteiger partial charge is 0.191 e. The van der Waals surface area contributed by atoms with Crippen molar-refractivity contribution in [2.45, 2.75) is 81.2 Å².